The molecule has 0 saturated carbocycles. The topological polar surface area (TPSA) is 72.8 Å². The van der Waals surface area contributed by atoms with Gasteiger partial charge in [-0.3, -0.25) is 0 Å². The molecule has 0 spiro atoms. The zero-order valence-electron chi connectivity index (χ0n) is 7.61. The fourth-order valence-corrected chi connectivity index (χ4v) is 0.504. The summed E-state index contributed by atoms with van der Waals surface area (Å²) in [5.74, 6) is -0.140. The SMILES string of the molecule is CCS(=O)(=O)OOCCO.[H-].[Na+]. The zero-order valence-corrected chi connectivity index (χ0v) is 9.43. The Bertz CT molecular complexity index is 170. The molecule has 0 unspecified atom stereocenters. The van der Waals surface area contributed by atoms with Gasteiger partial charge in [0.15, 0.2) is 0 Å². The second-order valence-corrected chi connectivity index (χ2v) is 3.29. The van der Waals surface area contributed by atoms with E-state index in [1.807, 2.05) is 0 Å². The van der Waals surface area contributed by atoms with Crippen LogP contribution in [0.25, 0.3) is 0 Å². The van der Waals surface area contributed by atoms with Gasteiger partial charge in [0.25, 0.3) is 10.1 Å². The minimum absolute atomic E-state index is 0. The molecule has 7 heteroatoms. The van der Waals surface area contributed by atoms with Crippen molar-refractivity contribution < 1.29 is 53.7 Å². The van der Waals surface area contributed by atoms with Crippen molar-refractivity contribution in [3.63, 3.8) is 0 Å². The maximum absolute atomic E-state index is 10.4. The summed E-state index contributed by atoms with van der Waals surface area (Å²) in [7, 11) is -3.53. The molecule has 0 bridgehead atoms. The quantitative estimate of drug-likeness (QED) is 0.212. The maximum Gasteiger partial charge on any atom is 1.00 e. The summed E-state index contributed by atoms with van der Waals surface area (Å²) in [6.45, 7) is 1.02. The third kappa shape index (κ3) is 8.74. The average Bonchev–Trinajstić information content (AvgIpc) is 1.89. The Morgan fingerprint density at radius 2 is 2.09 bits per heavy atom. The van der Waals surface area contributed by atoms with Crippen molar-refractivity contribution in [1.82, 2.24) is 0 Å². The maximum atomic E-state index is 10.4. The average molecular weight is 194 g/mol. The van der Waals surface area contributed by atoms with E-state index in [-0.39, 0.29) is 50.0 Å². The molecule has 0 fully saturated rings. The molecule has 11 heavy (non-hydrogen) atoms. The third-order valence-corrected chi connectivity index (χ3v) is 1.69. The minimum atomic E-state index is -3.53. The first-order valence-electron chi connectivity index (χ1n) is 2.77. The summed E-state index contributed by atoms with van der Waals surface area (Å²) in [6, 6.07) is 0. The van der Waals surface area contributed by atoms with Crippen molar-refractivity contribution in [1.29, 1.82) is 0 Å². The Kier molecular flexibility index (Phi) is 9.76. The molecule has 5 nitrogen and oxygen atoms in total. The Morgan fingerprint density at radius 1 is 1.55 bits per heavy atom. The molecule has 0 aromatic heterocycles. The van der Waals surface area contributed by atoms with Crippen LogP contribution >= 0.6 is 0 Å². The molecule has 0 amide bonds. The molecule has 0 saturated heterocycles. The van der Waals surface area contributed by atoms with E-state index in [4.69, 9.17) is 5.11 Å². The van der Waals surface area contributed by atoms with Crippen LogP contribution in [-0.4, -0.2) is 32.5 Å². The third-order valence-electron chi connectivity index (χ3n) is 0.680. The first-order valence-corrected chi connectivity index (χ1v) is 4.34. The number of aliphatic hydroxyl groups is 1. The van der Waals surface area contributed by atoms with Crippen LogP contribution < -0.4 is 29.6 Å². The summed E-state index contributed by atoms with van der Waals surface area (Å²) in [4.78, 5) is 4.10. The smallest absolute Gasteiger partial charge is 1.00 e. The van der Waals surface area contributed by atoms with Crippen LogP contribution in [0.1, 0.15) is 8.35 Å². The Balaban J connectivity index is -0.000000405. The van der Waals surface area contributed by atoms with Crippen LogP contribution in [0, 0.1) is 0 Å². The number of rotatable bonds is 5. The van der Waals surface area contributed by atoms with Gasteiger partial charge < -0.3 is 6.53 Å². The van der Waals surface area contributed by atoms with E-state index in [1.165, 1.54) is 6.92 Å². The summed E-state index contributed by atoms with van der Waals surface area (Å²) < 4.78 is 24.8. The molecular formula is C4H11NaO5S. The largest absolute Gasteiger partial charge is 1.00 e. The van der Waals surface area contributed by atoms with E-state index in [9.17, 15) is 8.42 Å². The van der Waals surface area contributed by atoms with Gasteiger partial charge in [-0.15, -0.1) is 4.33 Å². The number of aliphatic hydroxyl groups excluding tert-OH is 1. The van der Waals surface area contributed by atoms with E-state index in [2.05, 4.69) is 9.22 Å². The molecule has 0 aliphatic rings. The van der Waals surface area contributed by atoms with Crippen LogP contribution in [0.4, 0.5) is 0 Å². The van der Waals surface area contributed by atoms with Crippen LogP contribution in [0.3, 0.4) is 0 Å². The van der Waals surface area contributed by atoms with Gasteiger partial charge in [0.2, 0.25) is 0 Å². The molecule has 0 aromatic rings. The molecule has 0 heterocycles. The van der Waals surface area contributed by atoms with E-state index in [0.29, 0.717) is 0 Å². The van der Waals surface area contributed by atoms with Crippen molar-refractivity contribution in [2.45, 2.75) is 6.92 Å². The van der Waals surface area contributed by atoms with Crippen molar-refractivity contribution in [2.24, 2.45) is 0 Å². The predicted molar refractivity (Wildman–Crippen MR) is 34.7 cm³/mol. The van der Waals surface area contributed by atoms with E-state index >= 15 is 0 Å². The Labute approximate surface area is 89.5 Å². The summed E-state index contributed by atoms with van der Waals surface area (Å²) in [5, 5.41) is 8.14. The molecule has 0 atom stereocenters. The Hall–Kier alpha value is 0.830. The first kappa shape index (κ1) is 14.4. The first-order chi connectivity index (χ1) is 4.62. The van der Waals surface area contributed by atoms with Crippen LogP contribution in [0.2, 0.25) is 0 Å². The van der Waals surface area contributed by atoms with Gasteiger partial charge in [-0.1, -0.05) is 0 Å². The second kappa shape index (κ2) is 7.48. The van der Waals surface area contributed by atoms with E-state index < -0.39 is 10.1 Å². The minimum Gasteiger partial charge on any atom is -1.00 e. The van der Waals surface area contributed by atoms with Gasteiger partial charge in [-0.2, -0.15) is 8.42 Å². The van der Waals surface area contributed by atoms with Gasteiger partial charge in [-0.05, 0) is 6.92 Å². The van der Waals surface area contributed by atoms with Gasteiger partial charge >= 0.3 is 29.6 Å². The van der Waals surface area contributed by atoms with Gasteiger partial charge in [0.1, 0.15) is 6.61 Å². The normalized spacial score (nSPS) is 10.7. The molecule has 0 rings (SSSR count). The molecule has 0 aromatic carbocycles. The monoisotopic (exact) mass is 194 g/mol. The molecular weight excluding hydrogens is 183 g/mol. The predicted octanol–water partition coefficient (Wildman–Crippen LogP) is -3.61. The van der Waals surface area contributed by atoms with Crippen molar-refractivity contribution >= 4 is 10.1 Å². The van der Waals surface area contributed by atoms with Gasteiger partial charge in [0, 0.05) is 0 Å². The second-order valence-electron chi connectivity index (χ2n) is 1.46. The summed E-state index contributed by atoms with van der Waals surface area (Å²) in [5.41, 5.74) is 0. The summed E-state index contributed by atoms with van der Waals surface area (Å²) in [6.07, 6.45) is 0. The molecule has 1 N–H and O–H groups in total. The summed E-state index contributed by atoms with van der Waals surface area (Å²) >= 11 is 0. The standard InChI is InChI=1S/C4H10O5S.Na.H/c1-2-10(6,7)9-8-4-3-5;;/h5H,2-4H2,1H3;;/q;+1;-1. The van der Waals surface area contributed by atoms with E-state index in [1.54, 1.807) is 0 Å². The van der Waals surface area contributed by atoms with Crippen LogP contribution in [0.15, 0.2) is 0 Å². The number of hydrogen-bond acceptors (Lipinski definition) is 5. The Morgan fingerprint density at radius 3 is 2.45 bits per heavy atom. The molecule has 0 aliphatic heterocycles. The molecule has 0 aliphatic carbocycles. The van der Waals surface area contributed by atoms with Crippen molar-refractivity contribution in [3.05, 3.63) is 0 Å². The molecule has 64 valence electrons. The van der Waals surface area contributed by atoms with Gasteiger partial charge in [-0.25, -0.2) is 4.89 Å². The van der Waals surface area contributed by atoms with Crippen LogP contribution in [-0.2, 0) is 19.3 Å². The number of hydrogen-bond donors (Lipinski definition) is 1. The van der Waals surface area contributed by atoms with Crippen LogP contribution in [0.5, 0.6) is 0 Å². The van der Waals surface area contributed by atoms with Gasteiger partial charge in [0.05, 0.1) is 12.4 Å². The van der Waals surface area contributed by atoms with Crippen molar-refractivity contribution in [3.8, 4) is 0 Å². The van der Waals surface area contributed by atoms with Crippen molar-refractivity contribution in [2.75, 3.05) is 19.0 Å². The fourth-order valence-electron chi connectivity index (χ4n) is 0.193. The zero-order chi connectivity index (χ0) is 8.04. The molecule has 0 radical (unpaired) electrons. The van der Waals surface area contributed by atoms with E-state index in [0.717, 1.165) is 0 Å². The fraction of sp³-hybridized carbons (Fsp3) is 1.00.